The number of amides is 1. The van der Waals surface area contributed by atoms with Crippen LogP contribution in [0.5, 0.6) is 5.75 Å². The Morgan fingerprint density at radius 3 is 2.39 bits per heavy atom. The summed E-state index contributed by atoms with van der Waals surface area (Å²) in [6.07, 6.45) is 5.29. The summed E-state index contributed by atoms with van der Waals surface area (Å²) in [6, 6.07) is 27.7. The number of hydrazone groups is 1. The van der Waals surface area contributed by atoms with Gasteiger partial charge in [-0.15, -0.1) is 0 Å². The van der Waals surface area contributed by atoms with E-state index < -0.39 is 5.41 Å². The Morgan fingerprint density at radius 1 is 0.968 bits per heavy atom. The summed E-state index contributed by atoms with van der Waals surface area (Å²) >= 11 is 0. The monoisotopic (exact) mass is 410 g/mol. The second-order valence-electron chi connectivity index (χ2n) is 7.77. The first-order valence-corrected chi connectivity index (χ1v) is 10.4. The van der Waals surface area contributed by atoms with Crippen LogP contribution in [-0.4, -0.2) is 18.7 Å². The summed E-state index contributed by atoms with van der Waals surface area (Å²) in [4.78, 5) is 13.7. The van der Waals surface area contributed by atoms with E-state index in [4.69, 9.17) is 4.74 Å². The minimum absolute atomic E-state index is 0.00958. The number of hydrogen-bond acceptors (Lipinski definition) is 3. The fraction of sp³-hybridized carbons (Fsp3) is 0.185. The Balaban J connectivity index is 1.66. The predicted molar refractivity (Wildman–Crippen MR) is 126 cm³/mol. The maximum atomic E-state index is 13.7. The molecule has 4 rings (SSSR count). The summed E-state index contributed by atoms with van der Waals surface area (Å²) in [5.41, 5.74) is 3.07. The summed E-state index contributed by atoms with van der Waals surface area (Å²) in [6.45, 7) is 1.96. The van der Waals surface area contributed by atoms with Crippen molar-refractivity contribution in [1.82, 2.24) is 0 Å². The molecule has 1 amide bonds. The number of carbonyl (C=O) groups is 1. The molecule has 156 valence electrons. The number of nitrogens with zero attached hydrogens (tertiary/aromatic N) is 2. The van der Waals surface area contributed by atoms with Crippen molar-refractivity contribution in [3.63, 3.8) is 0 Å². The minimum atomic E-state index is -0.716. The molecular formula is C27H26N2O2. The van der Waals surface area contributed by atoms with Gasteiger partial charge in [0.2, 0.25) is 0 Å². The SMILES string of the molecule is COc1cccc(/C=C/CC2(Cc3ccccc3)C(=O)N(c3ccccc3)N=C2C)c1. The van der Waals surface area contributed by atoms with Gasteiger partial charge in [-0.25, -0.2) is 0 Å². The molecule has 0 aliphatic carbocycles. The molecule has 0 fully saturated rings. The van der Waals surface area contributed by atoms with Gasteiger partial charge in [0.15, 0.2) is 0 Å². The van der Waals surface area contributed by atoms with Crippen molar-refractivity contribution < 1.29 is 9.53 Å². The fourth-order valence-corrected chi connectivity index (χ4v) is 3.99. The lowest BCUT2D eigenvalue weighted by Crippen LogP contribution is -2.40. The molecule has 0 radical (unpaired) electrons. The molecule has 1 aliphatic rings. The molecule has 0 aromatic heterocycles. The number of anilines is 1. The lowest BCUT2D eigenvalue weighted by molar-refractivity contribution is -0.123. The number of para-hydroxylation sites is 1. The van der Waals surface area contributed by atoms with E-state index in [9.17, 15) is 4.79 Å². The van der Waals surface area contributed by atoms with Gasteiger partial charge in [-0.3, -0.25) is 4.79 Å². The second-order valence-corrected chi connectivity index (χ2v) is 7.77. The van der Waals surface area contributed by atoms with Crippen LogP contribution >= 0.6 is 0 Å². The van der Waals surface area contributed by atoms with E-state index in [1.54, 1.807) is 12.1 Å². The Bertz CT molecular complexity index is 1110. The van der Waals surface area contributed by atoms with E-state index >= 15 is 0 Å². The van der Waals surface area contributed by atoms with E-state index in [2.05, 4.69) is 23.3 Å². The van der Waals surface area contributed by atoms with Crippen molar-refractivity contribution in [2.45, 2.75) is 19.8 Å². The lowest BCUT2D eigenvalue weighted by Gasteiger charge is -2.27. The molecule has 3 aromatic rings. The highest BCUT2D eigenvalue weighted by Gasteiger charge is 2.48. The number of rotatable bonds is 7. The van der Waals surface area contributed by atoms with Crippen LogP contribution in [0.25, 0.3) is 6.08 Å². The zero-order valence-corrected chi connectivity index (χ0v) is 17.9. The summed E-state index contributed by atoms with van der Waals surface area (Å²) in [7, 11) is 1.66. The molecule has 0 bridgehead atoms. The Labute approximate surface area is 183 Å². The van der Waals surface area contributed by atoms with Gasteiger partial charge in [0.05, 0.1) is 23.9 Å². The molecule has 4 heteroatoms. The fourth-order valence-electron chi connectivity index (χ4n) is 3.99. The molecule has 0 saturated heterocycles. The van der Waals surface area contributed by atoms with Crippen LogP contribution in [0.1, 0.15) is 24.5 Å². The number of methoxy groups -OCH3 is 1. The number of hydrogen-bond donors (Lipinski definition) is 0. The highest BCUT2D eigenvalue weighted by molar-refractivity contribution is 6.18. The van der Waals surface area contributed by atoms with Crippen LogP contribution in [-0.2, 0) is 11.2 Å². The maximum Gasteiger partial charge on any atom is 0.260 e. The van der Waals surface area contributed by atoms with Gasteiger partial charge < -0.3 is 4.74 Å². The zero-order valence-electron chi connectivity index (χ0n) is 17.9. The van der Waals surface area contributed by atoms with E-state index in [-0.39, 0.29) is 5.91 Å². The third-order valence-electron chi connectivity index (χ3n) is 5.76. The first-order chi connectivity index (χ1) is 15.1. The summed E-state index contributed by atoms with van der Waals surface area (Å²) in [5.74, 6) is 0.821. The Morgan fingerprint density at radius 2 is 1.68 bits per heavy atom. The van der Waals surface area contributed by atoms with E-state index in [1.165, 1.54) is 0 Å². The van der Waals surface area contributed by atoms with Crippen LogP contribution in [0.2, 0.25) is 0 Å². The van der Waals surface area contributed by atoms with Crippen molar-refractivity contribution in [1.29, 1.82) is 0 Å². The Kier molecular flexibility index (Phi) is 5.99. The van der Waals surface area contributed by atoms with Crippen molar-refractivity contribution in [2.75, 3.05) is 12.1 Å². The molecule has 31 heavy (non-hydrogen) atoms. The smallest absolute Gasteiger partial charge is 0.260 e. The second kappa shape index (κ2) is 9.00. The van der Waals surface area contributed by atoms with Crippen LogP contribution in [0.15, 0.2) is 96.1 Å². The average molecular weight is 411 g/mol. The standard InChI is InChI=1S/C27H26N2O2/c1-21-27(20-23-11-5-3-6-12-23,18-10-14-22-13-9-17-25(19-22)31-2)26(30)29(28-21)24-15-7-4-8-16-24/h3-17,19H,18,20H2,1-2H3/b14-10+. The first kappa shape index (κ1) is 20.6. The van der Waals surface area contributed by atoms with Crippen LogP contribution in [0.3, 0.4) is 0 Å². The van der Waals surface area contributed by atoms with Crippen molar-refractivity contribution in [3.05, 3.63) is 102 Å². The van der Waals surface area contributed by atoms with E-state index in [0.717, 1.165) is 28.3 Å². The molecule has 1 aliphatic heterocycles. The van der Waals surface area contributed by atoms with Crippen LogP contribution in [0.4, 0.5) is 5.69 Å². The number of benzene rings is 3. The molecule has 1 heterocycles. The highest BCUT2D eigenvalue weighted by Crippen LogP contribution is 2.39. The molecule has 4 nitrogen and oxygen atoms in total. The predicted octanol–water partition coefficient (Wildman–Crippen LogP) is 5.75. The van der Waals surface area contributed by atoms with Crippen molar-refractivity contribution >= 4 is 23.4 Å². The van der Waals surface area contributed by atoms with Crippen molar-refractivity contribution in [2.24, 2.45) is 10.5 Å². The minimum Gasteiger partial charge on any atom is -0.497 e. The van der Waals surface area contributed by atoms with Crippen molar-refractivity contribution in [3.8, 4) is 5.75 Å². The van der Waals surface area contributed by atoms with Gasteiger partial charge in [0.1, 0.15) is 5.75 Å². The van der Waals surface area contributed by atoms with Gasteiger partial charge >= 0.3 is 0 Å². The lowest BCUT2D eigenvalue weighted by atomic mass is 9.74. The third-order valence-corrected chi connectivity index (χ3v) is 5.76. The van der Waals surface area contributed by atoms with Gasteiger partial charge in [0.25, 0.3) is 5.91 Å². The molecule has 0 spiro atoms. The summed E-state index contributed by atoms with van der Waals surface area (Å²) < 4.78 is 5.32. The average Bonchev–Trinajstić information content (AvgIpc) is 3.05. The normalized spacial score (nSPS) is 18.5. The zero-order chi connectivity index (χ0) is 21.7. The third kappa shape index (κ3) is 4.29. The molecule has 1 unspecified atom stereocenters. The molecule has 0 saturated carbocycles. The largest absolute Gasteiger partial charge is 0.497 e. The number of carbonyl (C=O) groups excluding carboxylic acids is 1. The summed E-state index contributed by atoms with van der Waals surface area (Å²) in [5, 5.41) is 6.24. The van der Waals surface area contributed by atoms with E-state index in [1.807, 2.05) is 85.8 Å². The number of allylic oxidation sites excluding steroid dienone is 1. The van der Waals surface area contributed by atoms with Crippen LogP contribution in [0, 0.1) is 5.41 Å². The highest BCUT2D eigenvalue weighted by atomic mass is 16.5. The molecule has 0 N–H and O–H groups in total. The molecular weight excluding hydrogens is 384 g/mol. The van der Waals surface area contributed by atoms with Gasteiger partial charge in [-0.1, -0.05) is 72.8 Å². The molecule has 1 atom stereocenters. The van der Waals surface area contributed by atoms with E-state index in [0.29, 0.717) is 12.8 Å². The quantitative estimate of drug-likeness (QED) is 0.498. The topological polar surface area (TPSA) is 41.9 Å². The number of ether oxygens (including phenoxy) is 1. The molecule has 3 aromatic carbocycles. The van der Waals surface area contributed by atoms with Crippen LogP contribution < -0.4 is 9.75 Å². The Hall–Kier alpha value is -3.66. The maximum absolute atomic E-state index is 13.7. The van der Waals surface area contributed by atoms with Gasteiger partial charge in [-0.2, -0.15) is 10.1 Å². The first-order valence-electron chi connectivity index (χ1n) is 10.4. The van der Waals surface area contributed by atoms with Gasteiger partial charge in [0, 0.05) is 0 Å². The van der Waals surface area contributed by atoms with Gasteiger partial charge in [-0.05, 0) is 55.2 Å².